The zero-order chi connectivity index (χ0) is 17.1. The van der Waals surface area contributed by atoms with Gasteiger partial charge in [0, 0.05) is 34.6 Å². The van der Waals surface area contributed by atoms with Gasteiger partial charge in [0.2, 0.25) is 5.91 Å². The molecule has 0 bridgehead atoms. The van der Waals surface area contributed by atoms with E-state index in [1.54, 1.807) is 0 Å². The Labute approximate surface area is 142 Å². The fourth-order valence-corrected chi connectivity index (χ4v) is 3.40. The van der Waals surface area contributed by atoms with Gasteiger partial charge in [0.25, 0.3) is 0 Å². The molecule has 0 saturated heterocycles. The third kappa shape index (κ3) is 3.43. The number of nitrogens with zero attached hydrogens (tertiary/aromatic N) is 1. The summed E-state index contributed by atoms with van der Waals surface area (Å²) in [4.78, 5) is 13.0. The number of hydrogen-bond donors (Lipinski definition) is 1. The number of amides is 1. The quantitative estimate of drug-likeness (QED) is 0.681. The normalized spacial score (nSPS) is 11.0. The largest absolute Gasteiger partial charge is 0.347 e. The van der Waals surface area contributed by atoms with E-state index >= 15 is 0 Å². The molecule has 3 aromatic rings. The number of para-hydroxylation sites is 1. The van der Waals surface area contributed by atoms with Gasteiger partial charge in [0.15, 0.2) is 0 Å². The number of hydrogen-bond acceptors (Lipinski definition) is 2. The summed E-state index contributed by atoms with van der Waals surface area (Å²) in [6, 6.07) is 11.1. The van der Waals surface area contributed by atoms with E-state index < -0.39 is 11.6 Å². The highest BCUT2D eigenvalue weighted by atomic mass is 32.2. The van der Waals surface area contributed by atoms with Crippen molar-refractivity contribution in [3.63, 3.8) is 0 Å². The lowest BCUT2D eigenvalue weighted by Crippen LogP contribution is -2.15. The molecule has 0 fully saturated rings. The van der Waals surface area contributed by atoms with E-state index in [2.05, 4.69) is 16.8 Å². The lowest BCUT2D eigenvalue weighted by atomic mass is 10.2. The molecule has 2 aromatic carbocycles. The molecule has 24 heavy (non-hydrogen) atoms. The Morgan fingerprint density at radius 3 is 2.75 bits per heavy atom. The highest BCUT2D eigenvalue weighted by Crippen LogP contribution is 2.30. The molecule has 6 heteroatoms. The second-order valence-corrected chi connectivity index (χ2v) is 6.27. The molecule has 1 aromatic heterocycles. The number of carbonyl (C=O) groups excluding carboxylic acids is 1. The highest BCUT2D eigenvalue weighted by Gasteiger charge is 2.12. The Bertz CT molecular complexity index is 892. The summed E-state index contributed by atoms with van der Waals surface area (Å²) in [7, 11) is 0. The van der Waals surface area contributed by atoms with E-state index in [1.807, 2.05) is 30.5 Å². The van der Waals surface area contributed by atoms with Gasteiger partial charge < -0.3 is 9.88 Å². The van der Waals surface area contributed by atoms with Crippen LogP contribution in [0.1, 0.15) is 6.92 Å². The van der Waals surface area contributed by atoms with Crippen molar-refractivity contribution in [1.82, 2.24) is 4.57 Å². The smallest absolute Gasteiger partial charge is 0.234 e. The van der Waals surface area contributed by atoms with E-state index in [4.69, 9.17) is 0 Å². The predicted molar refractivity (Wildman–Crippen MR) is 93.3 cm³/mol. The molecule has 0 aliphatic rings. The molecular formula is C18H16F2N2OS. The lowest BCUT2D eigenvalue weighted by molar-refractivity contribution is -0.113. The second kappa shape index (κ2) is 7.05. The average molecular weight is 346 g/mol. The van der Waals surface area contributed by atoms with E-state index in [9.17, 15) is 13.6 Å². The number of nitrogens with one attached hydrogen (secondary N) is 1. The van der Waals surface area contributed by atoms with Crippen LogP contribution < -0.4 is 5.32 Å². The Kier molecular flexibility index (Phi) is 4.85. The molecule has 0 saturated carbocycles. The Morgan fingerprint density at radius 2 is 2.00 bits per heavy atom. The van der Waals surface area contributed by atoms with Crippen molar-refractivity contribution in [2.24, 2.45) is 0 Å². The van der Waals surface area contributed by atoms with Gasteiger partial charge in [-0.1, -0.05) is 18.2 Å². The first-order valence-electron chi connectivity index (χ1n) is 7.54. The molecule has 0 unspecified atom stereocenters. The number of aryl methyl sites for hydroxylation is 1. The van der Waals surface area contributed by atoms with Gasteiger partial charge in [-0.3, -0.25) is 4.79 Å². The number of anilines is 1. The highest BCUT2D eigenvalue weighted by molar-refractivity contribution is 8.00. The Morgan fingerprint density at radius 1 is 1.21 bits per heavy atom. The third-order valence-corrected chi connectivity index (χ3v) is 4.70. The van der Waals surface area contributed by atoms with Gasteiger partial charge in [0.05, 0.1) is 11.4 Å². The molecule has 3 nitrogen and oxygen atoms in total. The minimum Gasteiger partial charge on any atom is -0.347 e. The standard InChI is InChI=1S/C18H16F2N2OS/c1-2-22-10-17(13-5-3-4-6-16(13)22)24-11-18(23)21-15-8-7-12(19)9-14(15)20/h3-10H,2,11H2,1H3,(H,21,23). The van der Waals surface area contributed by atoms with Crippen molar-refractivity contribution in [3.05, 3.63) is 60.3 Å². The fourth-order valence-electron chi connectivity index (χ4n) is 2.51. The van der Waals surface area contributed by atoms with Gasteiger partial charge in [0.1, 0.15) is 11.6 Å². The number of benzene rings is 2. The van der Waals surface area contributed by atoms with Crippen molar-refractivity contribution < 1.29 is 13.6 Å². The molecule has 3 rings (SSSR count). The van der Waals surface area contributed by atoms with Crippen LogP contribution in [0.4, 0.5) is 14.5 Å². The maximum absolute atomic E-state index is 13.6. The van der Waals surface area contributed by atoms with Crippen LogP contribution >= 0.6 is 11.8 Å². The first kappa shape index (κ1) is 16.5. The molecule has 0 aliphatic heterocycles. The molecule has 0 aliphatic carbocycles. The monoisotopic (exact) mass is 346 g/mol. The number of thioether (sulfide) groups is 1. The van der Waals surface area contributed by atoms with Gasteiger partial charge in [-0.2, -0.15) is 0 Å². The van der Waals surface area contributed by atoms with Crippen molar-refractivity contribution in [2.75, 3.05) is 11.1 Å². The number of carbonyl (C=O) groups is 1. The predicted octanol–water partition coefficient (Wildman–Crippen LogP) is 4.67. The molecular weight excluding hydrogens is 330 g/mol. The maximum Gasteiger partial charge on any atom is 0.234 e. The van der Waals surface area contributed by atoms with Gasteiger partial charge in [-0.15, -0.1) is 11.8 Å². The molecule has 0 atom stereocenters. The Balaban J connectivity index is 1.70. The number of aromatic nitrogens is 1. The average Bonchev–Trinajstić information content (AvgIpc) is 2.94. The zero-order valence-corrected chi connectivity index (χ0v) is 13.9. The number of halogens is 2. The van der Waals surface area contributed by atoms with Crippen molar-refractivity contribution in [2.45, 2.75) is 18.4 Å². The summed E-state index contributed by atoms with van der Waals surface area (Å²) in [5.74, 6) is -1.64. The summed E-state index contributed by atoms with van der Waals surface area (Å²) < 4.78 is 28.6. The summed E-state index contributed by atoms with van der Waals surface area (Å²) in [5, 5.41) is 3.56. The lowest BCUT2D eigenvalue weighted by Gasteiger charge is -2.06. The van der Waals surface area contributed by atoms with Crippen LogP contribution in [0, 0.1) is 11.6 Å². The molecule has 0 radical (unpaired) electrons. The van der Waals surface area contributed by atoms with Crippen molar-refractivity contribution in [3.8, 4) is 0 Å². The first-order valence-corrected chi connectivity index (χ1v) is 8.52. The van der Waals surface area contributed by atoms with Crippen LogP contribution in [0.5, 0.6) is 0 Å². The first-order chi connectivity index (χ1) is 11.6. The van der Waals surface area contributed by atoms with Crippen LogP contribution in [-0.4, -0.2) is 16.2 Å². The van der Waals surface area contributed by atoms with Gasteiger partial charge in [-0.25, -0.2) is 8.78 Å². The third-order valence-electron chi connectivity index (χ3n) is 3.66. The van der Waals surface area contributed by atoms with Gasteiger partial charge in [-0.05, 0) is 25.1 Å². The minimum absolute atomic E-state index is 0.0158. The second-order valence-electron chi connectivity index (χ2n) is 5.26. The molecule has 1 amide bonds. The van der Waals surface area contributed by atoms with Crippen LogP contribution in [0.2, 0.25) is 0 Å². The molecule has 124 valence electrons. The molecule has 1 heterocycles. The zero-order valence-electron chi connectivity index (χ0n) is 13.1. The SMILES string of the molecule is CCn1cc(SCC(=O)Nc2ccc(F)cc2F)c2ccccc21. The van der Waals surface area contributed by atoms with E-state index in [0.717, 1.165) is 34.5 Å². The number of fused-ring (bicyclic) bond motifs is 1. The topological polar surface area (TPSA) is 34.0 Å². The molecule has 1 N–H and O–H groups in total. The van der Waals surface area contributed by atoms with E-state index in [1.165, 1.54) is 17.8 Å². The van der Waals surface area contributed by atoms with Crippen molar-refractivity contribution >= 4 is 34.3 Å². The summed E-state index contributed by atoms with van der Waals surface area (Å²) in [6.07, 6.45) is 2.01. The van der Waals surface area contributed by atoms with Gasteiger partial charge >= 0.3 is 0 Å². The minimum atomic E-state index is -0.782. The van der Waals surface area contributed by atoms with E-state index in [0.29, 0.717) is 0 Å². The molecule has 0 spiro atoms. The summed E-state index contributed by atoms with van der Waals surface area (Å²) >= 11 is 1.39. The fraction of sp³-hybridized carbons (Fsp3) is 0.167. The Hall–Kier alpha value is -2.34. The number of rotatable bonds is 5. The summed E-state index contributed by atoms with van der Waals surface area (Å²) in [5.41, 5.74) is 1.10. The maximum atomic E-state index is 13.6. The van der Waals surface area contributed by atoms with Crippen molar-refractivity contribution in [1.29, 1.82) is 0 Å². The van der Waals surface area contributed by atoms with Crippen LogP contribution in [0.15, 0.2) is 53.6 Å². The van der Waals surface area contributed by atoms with E-state index in [-0.39, 0.29) is 17.3 Å². The van der Waals surface area contributed by atoms with Crippen LogP contribution in [0.25, 0.3) is 10.9 Å². The van der Waals surface area contributed by atoms with Crippen LogP contribution in [-0.2, 0) is 11.3 Å². The summed E-state index contributed by atoms with van der Waals surface area (Å²) in [6.45, 7) is 2.90. The van der Waals surface area contributed by atoms with Crippen LogP contribution in [0.3, 0.4) is 0 Å².